The van der Waals surface area contributed by atoms with Gasteiger partial charge in [-0.1, -0.05) is 17.7 Å². The van der Waals surface area contributed by atoms with Crippen LogP contribution < -0.4 is 4.74 Å². The smallest absolute Gasteiger partial charge is 0.360 e. The SMILES string of the molecule is Cc1ccc(OC(=O)C=CC(=O)OS(=O)O)cc1. The Morgan fingerprint density at radius 2 is 1.72 bits per heavy atom. The van der Waals surface area contributed by atoms with Crippen molar-refractivity contribution < 1.29 is 27.3 Å². The number of ether oxygens (including phenoxy) is 1. The van der Waals surface area contributed by atoms with Crippen molar-refractivity contribution in [2.24, 2.45) is 0 Å². The Morgan fingerprint density at radius 3 is 2.28 bits per heavy atom. The van der Waals surface area contributed by atoms with Crippen LogP contribution >= 0.6 is 0 Å². The second-order valence-corrected chi connectivity index (χ2v) is 3.79. The molecule has 1 aromatic carbocycles. The van der Waals surface area contributed by atoms with Crippen LogP contribution in [0.15, 0.2) is 36.4 Å². The van der Waals surface area contributed by atoms with Crippen molar-refractivity contribution in [3.63, 3.8) is 0 Å². The lowest BCUT2D eigenvalue weighted by molar-refractivity contribution is -0.131. The largest absolute Gasteiger partial charge is 0.423 e. The maximum atomic E-state index is 11.2. The summed E-state index contributed by atoms with van der Waals surface area (Å²) in [4.78, 5) is 22.0. The minimum atomic E-state index is -2.70. The van der Waals surface area contributed by atoms with E-state index in [1.165, 1.54) is 0 Å². The van der Waals surface area contributed by atoms with E-state index >= 15 is 0 Å². The summed E-state index contributed by atoms with van der Waals surface area (Å²) < 4.78 is 27.0. The molecule has 18 heavy (non-hydrogen) atoms. The first-order chi connectivity index (χ1) is 8.47. The van der Waals surface area contributed by atoms with E-state index in [0.29, 0.717) is 11.8 Å². The molecule has 0 amide bonds. The highest BCUT2D eigenvalue weighted by Gasteiger charge is 2.04. The summed E-state index contributed by atoms with van der Waals surface area (Å²) in [5, 5.41) is 0. The molecule has 6 nitrogen and oxygen atoms in total. The van der Waals surface area contributed by atoms with E-state index in [9.17, 15) is 13.8 Å². The first-order valence-electron chi connectivity index (χ1n) is 4.77. The molecular formula is C11H10O6S. The van der Waals surface area contributed by atoms with E-state index < -0.39 is 23.3 Å². The highest BCUT2D eigenvalue weighted by molar-refractivity contribution is 7.74. The van der Waals surface area contributed by atoms with E-state index in [1.807, 2.05) is 6.92 Å². The molecule has 0 saturated carbocycles. The highest BCUT2D eigenvalue weighted by Crippen LogP contribution is 2.11. The molecule has 0 heterocycles. The molecule has 1 N–H and O–H groups in total. The third-order valence-corrected chi connectivity index (χ3v) is 2.06. The van der Waals surface area contributed by atoms with E-state index in [4.69, 9.17) is 9.29 Å². The number of rotatable bonds is 4. The molecule has 0 aromatic heterocycles. The van der Waals surface area contributed by atoms with Crippen molar-refractivity contribution in [1.82, 2.24) is 0 Å². The highest BCUT2D eigenvalue weighted by atomic mass is 32.2. The molecule has 1 atom stereocenters. The lowest BCUT2D eigenvalue weighted by atomic mass is 10.2. The standard InChI is InChI=1S/C11H10O6S/c1-8-2-4-9(5-3-8)16-10(12)6-7-11(13)17-18(14)15/h2-7H,1H3,(H,14,15). The van der Waals surface area contributed by atoms with E-state index in [2.05, 4.69) is 4.18 Å². The quantitative estimate of drug-likeness (QED) is 0.382. The summed E-state index contributed by atoms with van der Waals surface area (Å²) in [5.41, 5.74) is 1.01. The average Bonchev–Trinajstić information content (AvgIpc) is 2.29. The normalized spacial score (nSPS) is 12.1. The zero-order valence-electron chi connectivity index (χ0n) is 9.36. The minimum Gasteiger partial charge on any atom is -0.423 e. The van der Waals surface area contributed by atoms with Crippen LogP contribution in [0, 0.1) is 6.92 Å². The monoisotopic (exact) mass is 270 g/mol. The molecule has 0 bridgehead atoms. The Labute approximate surface area is 106 Å². The number of hydrogen-bond donors (Lipinski definition) is 1. The van der Waals surface area contributed by atoms with Crippen LogP contribution in [-0.4, -0.2) is 20.7 Å². The van der Waals surface area contributed by atoms with Crippen LogP contribution in [0.5, 0.6) is 5.75 Å². The summed E-state index contributed by atoms with van der Waals surface area (Å²) in [6, 6.07) is 6.72. The van der Waals surface area contributed by atoms with Crippen molar-refractivity contribution in [2.45, 2.75) is 6.92 Å². The van der Waals surface area contributed by atoms with E-state index in [1.54, 1.807) is 24.3 Å². The first-order valence-corrected chi connectivity index (χ1v) is 5.80. The van der Waals surface area contributed by atoms with Gasteiger partial charge in [0.2, 0.25) is 0 Å². The van der Waals surface area contributed by atoms with Gasteiger partial charge in [-0.2, -0.15) is 4.21 Å². The Hall–Kier alpha value is -1.99. The van der Waals surface area contributed by atoms with Gasteiger partial charge in [0, 0.05) is 12.2 Å². The lowest BCUT2D eigenvalue weighted by Crippen LogP contribution is -2.07. The average molecular weight is 270 g/mol. The number of hydrogen-bond acceptors (Lipinski definition) is 5. The van der Waals surface area contributed by atoms with Gasteiger partial charge in [0.1, 0.15) is 5.75 Å². The Balaban J connectivity index is 2.51. The van der Waals surface area contributed by atoms with Crippen molar-refractivity contribution in [3.8, 4) is 5.75 Å². The molecule has 0 radical (unpaired) electrons. The fourth-order valence-electron chi connectivity index (χ4n) is 0.991. The van der Waals surface area contributed by atoms with Crippen LogP contribution in [-0.2, 0) is 25.1 Å². The number of esters is 1. The third-order valence-electron chi connectivity index (χ3n) is 1.75. The number of benzene rings is 1. The van der Waals surface area contributed by atoms with Crippen LogP contribution in [0.4, 0.5) is 0 Å². The van der Waals surface area contributed by atoms with Crippen molar-refractivity contribution in [1.29, 1.82) is 0 Å². The van der Waals surface area contributed by atoms with Crippen LogP contribution in [0.25, 0.3) is 0 Å². The minimum absolute atomic E-state index is 0.328. The maximum absolute atomic E-state index is 11.2. The number of aryl methyl sites for hydroxylation is 1. The molecule has 0 aliphatic rings. The number of carbonyl (C=O) groups excluding carboxylic acids is 2. The van der Waals surface area contributed by atoms with Gasteiger partial charge in [-0.05, 0) is 19.1 Å². The molecule has 1 unspecified atom stereocenters. The molecule has 96 valence electrons. The summed E-state index contributed by atoms with van der Waals surface area (Å²) in [7, 11) is 0. The Bertz CT molecular complexity index is 491. The van der Waals surface area contributed by atoms with Gasteiger partial charge in [0.25, 0.3) is 0 Å². The van der Waals surface area contributed by atoms with Crippen molar-refractivity contribution >= 4 is 23.3 Å². The summed E-state index contributed by atoms with van der Waals surface area (Å²) in [5.74, 6) is -1.58. The van der Waals surface area contributed by atoms with Crippen LogP contribution in [0.2, 0.25) is 0 Å². The Kier molecular flexibility index (Phi) is 5.22. The first kappa shape index (κ1) is 14.1. The van der Waals surface area contributed by atoms with Gasteiger partial charge >= 0.3 is 23.3 Å². The van der Waals surface area contributed by atoms with Crippen molar-refractivity contribution in [3.05, 3.63) is 42.0 Å². The second kappa shape index (κ2) is 6.67. The molecule has 0 aliphatic carbocycles. The van der Waals surface area contributed by atoms with E-state index in [0.717, 1.165) is 11.6 Å². The number of carbonyl (C=O) groups is 2. The molecule has 0 saturated heterocycles. The topological polar surface area (TPSA) is 89.9 Å². The van der Waals surface area contributed by atoms with Gasteiger partial charge in [-0.3, -0.25) is 4.55 Å². The zero-order valence-corrected chi connectivity index (χ0v) is 10.2. The van der Waals surface area contributed by atoms with Crippen LogP contribution in [0.1, 0.15) is 5.56 Å². The van der Waals surface area contributed by atoms with Gasteiger partial charge in [0.05, 0.1) is 0 Å². The zero-order chi connectivity index (χ0) is 13.5. The molecule has 0 spiro atoms. The van der Waals surface area contributed by atoms with Crippen LogP contribution in [0.3, 0.4) is 0 Å². The summed E-state index contributed by atoms with van der Waals surface area (Å²) in [6.45, 7) is 1.89. The molecule has 0 aliphatic heterocycles. The van der Waals surface area contributed by atoms with E-state index in [-0.39, 0.29) is 0 Å². The second-order valence-electron chi connectivity index (χ2n) is 3.19. The van der Waals surface area contributed by atoms with Crippen molar-refractivity contribution in [2.75, 3.05) is 0 Å². The molecular weight excluding hydrogens is 260 g/mol. The fourth-order valence-corrected chi connectivity index (χ4v) is 1.19. The molecule has 0 fully saturated rings. The predicted octanol–water partition coefficient (Wildman–Crippen LogP) is 1.14. The molecule has 7 heteroatoms. The van der Waals surface area contributed by atoms with Gasteiger partial charge in [-0.25, -0.2) is 9.59 Å². The summed E-state index contributed by atoms with van der Waals surface area (Å²) >= 11 is -2.70. The predicted molar refractivity (Wildman–Crippen MR) is 62.8 cm³/mol. The van der Waals surface area contributed by atoms with Gasteiger partial charge in [0.15, 0.2) is 0 Å². The molecule has 1 rings (SSSR count). The lowest BCUT2D eigenvalue weighted by Gasteiger charge is -2.00. The molecule has 1 aromatic rings. The van der Waals surface area contributed by atoms with Gasteiger partial charge < -0.3 is 8.92 Å². The summed E-state index contributed by atoms with van der Waals surface area (Å²) in [6.07, 6.45) is 1.50. The van der Waals surface area contributed by atoms with Gasteiger partial charge in [-0.15, -0.1) is 0 Å². The third kappa shape index (κ3) is 5.37. The Morgan fingerprint density at radius 1 is 1.17 bits per heavy atom. The maximum Gasteiger partial charge on any atom is 0.360 e. The fraction of sp³-hybridized carbons (Fsp3) is 0.0909.